The highest BCUT2D eigenvalue weighted by Gasteiger charge is 2.31. The Morgan fingerprint density at radius 3 is 2.53 bits per heavy atom. The monoisotopic (exact) mass is 299 g/mol. The van der Waals surface area contributed by atoms with Gasteiger partial charge in [-0.05, 0) is 17.7 Å². The molecule has 2 heterocycles. The van der Waals surface area contributed by atoms with Crippen LogP contribution in [0.2, 0.25) is 10.0 Å². The topological polar surface area (TPSA) is 18.5 Å². The summed E-state index contributed by atoms with van der Waals surface area (Å²) in [6.07, 6.45) is 0. The first-order valence-corrected chi connectivity index (χ1v) is 7.59. The molecule has 0 spiro atoms. The van der Waals surface area contributed by atoms with Gasteiger partial charge in [0.15, 0.2) is 0 Å². The van der Waals surface area contributed by atoms with Crippen LogP contribution in [-0.2, 0) is 6.54 Å². The highest BCUT2D eigenvalue weighted by atomic mass is 35.5. The summed E-state index contributed by atoms with van der Waals surface area (Å²) in [7, 11) is 0. The Bertz CT molecular complexity index is 440. The summed E-state index contributed by atoms with van der Waals surface area (Å²) in [5.41, 5.74) is 1.24. The van der Waals surface area contributed by atoms with Crippen LogP contribution in [0, 0.1) is 0 Å². The lowest BCUT2D eigenvalue weighted by atomic mass is 10.0. The van der Waals surface area contributed by atoms with Gasteiger partial charge < -0.3 is 5.32 Å². The molecule has 0 aliphatic carbocycles. The van der Waals surface area contributed by atoms with Gasteiger partial charge in [0.2, 0.25) is 0 Å². The lowest BCUT2D eigenvalue weighted by Gasteiger charge is -2.46. The van der Waals surface area contributed by atoms with Crippen molar-refractivity contribution in [2.75, 3.05) is 39.3 Å². The van der Waals surface area contributed by atoms with E-state index in [1.165, 1.54) is 31.7 Å². The van der Waals surface area contributed by atoms with E-state index in [9.17, 15) is 0 Å². The van der Waals surface area contributed by atoms with Crippen molar-refractivity contribution in [3.05, 3.63) is 33.8 Å². The smallest absolute Gasteiger partial charge is 0.0595 e. The molecule has 1 aromatic carbocycles. The molecule has 0 radical (unpaired) electrons. The number of nitrogens with zero attached hydrogens (tertiary/aromatic N) is 2. The van der Waals surface area contributed by atoms with E-state index in [1.54, 1.807) is 0 Å². The first-order chi connectivity index (χ1) is 9.22. The molecule has 2 fully saturated rings. The van der Waals surface area contributed by atoms with Crippen molar-refractivity contribution in [2.24, 2.45) is 0 Å². The number of halogens is 2. The summed E-state index contributed by atoms with van der Waals surface area (Å²) in [5.74, 6) is 0. The third-order valence-electron chi connectivity index (χ3n) is 4.00. The van der Waals surface area contributed by atoms with Crippen molar-refractivity contribution >= 4 is 23.2 Å². The Morgan fingerprint density at radius 1 is 1.11 bits per heavy atom. The van der Waals surface area contributed by atoms with Gasteiger partial charge in [-0.2, -0.15) is 0 Å². The van der Waals surface area contributed by atoms with E-state index < -0.39 is 0 Å². The minimum Gasteiger partial charge on any atom is -0.314 e. The number of hydrogen-bond acceptors (Lipinski definition) is 3. The van der Waals surface area contributed by atoms with E-state index >= 15 is 0 Å². The number of benzene rings is 1. The van der Waals surface area contributed by atoms with Crippen LogP contribution < -0.4 is 5.32 Å². The second-order valence-electron chi connectivity index (χ2n) is 5.38. The molecule has 0 atom stereocenters. The molecule has 0 aromatic heterocycles. The fourth-order valence-corrected chi connectivity index (χ4v) is 3.17. The van der Waals surface area contributed by atoms with E-state index in [1.807, 2.05) is 12.1 Å². The van der Waals surface area contributed by atoms with E-state index in [2.05, 4.69) is 21.2 Å². The third kappa shape index (κ3) is 3.23. The maximum atomic E-state index is 6.04. The maximum absolute atomic E-state index is 6.04. The SMILES string of the molecule is Clc1ccc(CN2CC(N3CCNCC3)C2)cc1Cl. The molecule has 0 bridgehead atoms. The molecule has 5 heteroatoms. The average molecular weight is 300 g/mol. The fourth-order valence-electron chi connectivity index (χ4n) is 2.85. The number of piperazine rings is 1. The number of likely N-dealkylation sites (tertiary alicyclic amines) is 1. The number of hydrogen-bond donors (Lipinski definition) is 1. The molecule has 2 saturated heterocycles. The van der Waals surface area contributed by atoms with Crippen molar-refractivity contribution in [2.45, 2.75) is 12.6 Å². The standard InChI is InChI=1S/C14H19Cl2N3/c15-13-2-1-11(7-14(13)16)8-18-9-12(10-18)19-5-3-17-4-6-19/h1-2,7,12,17H,3-6,8-10H2. The van der Waals surface area contributed by atoms with Crippen LogP contribution in [0.4, 0.5) is 0 Å². The van der Waals surface area contributed by atoms with E-state index in [4.69, 9.17) is 23.2 Å². The summed E-state index contributed by atoms with van der Waals surface area (Å²) < 4.78 is 0. The largest absolute Gasteiger partial charge is 0.314 e. The van der Waals surface area contributed by atoms with Crippen molar-refractivity contribution in [1.82, 2.24) is 15.1 Å². The highest BCUT2D eigenvalue weighted by molar-refractivity contribution is 6.42. The van der Waals surface area contributed by atoms with Gasteiger partial charge in [-0.3, -0.25) is 9.80 Å². The van der Waals surface area contributed by atoms with Gasteiger partial charge in [0, 0.05) is 51.9 Å². The first kappa shape index (κ1) is 13.7. The van der Waals surface area contributed by atoms with Crippen LogP contribution >= 0.6 is 23.2 Å². The molecule has 2 aliphatic rings. The molecular formula is C14H19Cl2N3. The quantitative estimate of drug-likeness (QED) is 0.922. The Balaban J connectivity index is 1.49. The second kappa shape index (κ2) is 5.98. The zero-order valence-electron chi connectivity index (χ0n) is 10.9. The van der Waals surface area contributed by atoms with Crippen LogP contribution in [0.15, 0.2) is 18.2 Å². The Hall–Kier alpha value is -0.320. The molecule has 0 amide bonds. The Kier molecular flexibility index (Phi) is 4.30. The molecule has 1 aromatic rings. The van der Waals surface area contributed by atoms with Crippen LogP contribution in [0.3, 0.4) is 0 Å². The third-order valence-corrected chi connectivity index (χ3v) is 4.74. The van der Waals surface area contributed by atoms with Crippen LogP contribution in [0.25, 0.3) is 0 Å². The molecule has 3 rings (SSSR count). The predicted molar refractivity (Wildman–Crippen MR) is 80.0 cm³/mol. The molecule has 0 saturated carbocycles. The van der Waals surface area contributed by atoms with Gasteiger partial charge in [-0.1, -0.05) is 29.3 Å². The maximum Gasteiger partial charge on any atom is 0.0595 e. The molecule has 2 aliphatic heterocycles. The average Bonchev–Trinajstić information content (AvgIpc) is 2.38. The van der Waals surface area contributed by atoms with Gasteiger partial charge in [0.05, 0.1) is 10.0 Å². The first-order valence-electron chi connectivity index (χ1n) is 6.83. The Labute approximate surface area is 124 Å². The van der Waals surface area contributed by atoms with Crippen molar-refractivity contribution in [1.29, 1.82) is 0 Å². The van der Waals surface area contributed by atoms with Crippen molar-refractivity contribution in [3.63, 3.8) is 0 Å². The van der Waals surface area contributed by atoms with Gasteiger partial charge in [-0.25, -0.2) is 0 Å². The summed E-state index contributed by atoms with van der Waals surface area (Å²) >= 11 is 12.0. The Morgan fingerprint density at radius 2 is 1.84 bits per heavy atom. The lowest BCUT2D eigenvalue weighted by Crippen LogP contribution is -2.62. The zero-order valence-corrected chi connectivity index (χ0v) is 12.4. The van der Waals surface area contributed by atoms with Gasteiger partial charge in [0.25, 0.3) is 0 Å². The molecule has 104 valence electrons. The van der Waals surface area contributed by atoms with E-state index in [0.717, 1.165) is 25.7 Å². The van der Waals surface area contributed by atoms with E-state index in [0.29, 0.717) is 10.0 Å². The molecule has 0 unspecified atom stereocenters. The molecule has 3 nitrogen and oxygen atoms in total. The van der Waals surface area contributed by atoms with E-state index in [-0.39, 0.29) is 0 Å². The minimum absolute atomic E-state index is 0.632. The summed E-state index contributed by atoms with van der Waals surface area (Å²) in [4.78, 5) is 5.06. The van der Waals surface area contributed by atoms with Gasteiger partial charge in [0.1, 0.15) is 0 Å². The summed E-state index contributed by atoms with van der Waals surface area (Å²) in [6, 6.07) is 6.66. The summed E-state index contributed by atoms with van der Waals surface area (Å²) in [6.45, 7) is 7.93. The predicted octanol–water partition coefficient (Wildman–Crippen LogP) is 2.08. The highest BCUT2D eigenvalue weighted by Crippen LogP contribution is 2.25. The lowest BCUT2D eigenvalue weighted by molar-refractivity contribution is 0.0223. The fraction of sp³-hybridized carbons (Fsp3) is 0.571. The number of rotatable bonds is 3. The van der Waals surface area contributed by atoms with Crippen LogP contribution in [0.5, 0.6) is 0 Å². The minimum atomic E-state index is 0.632. The molecule has 19 heavy (non-hydrogen) atoms. The number of nitrogens with one attached hydrogen (secondary N) is 1. The zero-order chi connectivity index (χ0) is 13.2. The van der Waals surface area contributed by atoms with Crippen LogP contribution in [0.1, 0.15) is 5.56 Å². The molecular weight excluding hydrogens is 281 g/mol. The van der Waals surface area contributed by atoms with Gasteiger partial charge >= 0.3 is 0 Å². The second-order valence-corrected chi connectivity index (χ2v) is 6.20. The summed E-state index contributed by atoms with van der Waals surface area (Å²) in [5, 5.41) is 4.68. The van der Waals surface area contributed by atoms with Crippen molar-refractivity contribution in [3.8, 4) is 0 Å². The molecule has 1 N–H and O–H groups in total. The van der Waals surface area contributed by atoms with Gasteiger partial charge in [-0.15, -0.1) is 0 Å². The van der Waals surface area contributed by atoms with Crippen LogP contribution in [-0.4, -0.2) is 55.1 Å². The normalized spacial score (nSPS) is 22.4. The van der Waals surface area contributed by atoms with Crippen molar-refractivity contribution < 1.29 is 0 Å².